The van der Waals surface area contributed by atoms with Crippen molar-refractivity contribution < 1.29 is 5.21 Å². The Hall–Kier alpha value is -1.72. The fourth-order valence-electron chi connectivity index (χ4n) is 1.40. The molecule has 0 aliphatic heterocycles. The molecule has 0 radical (unpaired) electrons. The molecular weight excluding hydrogens is 218 g/mol. The minimum atomic E-state index is -0.324. The van der Waals surface area contributed by atoms with E-state index in [0.717, 1.165) is 25.3 Å². The van der Waals surface area contributed by atoms with Gasteiger partial charge in [-0.25, -0.2) is 0 Å². The average Bonchev–Trinajstić information content (AvgIpc) is 2.75. The zero-order valence-corrected chi connectivity index (χ0v) is 10.6. The first-order valence-electron chi connectivity index (χ1n) is 5.75. The number of aryl methyl sites for hydroxylation is 1. The summed E-state index contributed by atoms with van der Waals surface area (Å²) in [6, 6.07) is 1.93. The summed E-state index contributed by atoms with van der Waals surface area (Å²) in [6.45, 7) is 7.50. The first-order valence-corrected chi connectivity index (χ1v) is 5.75. The summed E-state index contributed by atoms with van der Waals surface area (Å²) in [6.07, 6.45) is 2.69. The average molecular weight is 239 g/mol. The minimum absolute atomic E-state index is 0.249. The molecule has 96 valence electrons. The van der Waals surface area contributed by atoms with Crippen molar-refractivity contribution in [3.05, 3.63) is 12.3 Å². The third-order valence-corrected chi connectivity index (χ3v) is 2.82. The molecule has 1 rings (SSSR count). The van der Waals surface area contributed by atoms with Gasteiger partial charge in [-0.1, -0.05) is 19.0 Å². The van der Waals surface area contributed by atoms with Crippen molar-refractivity contribution in [2.24, 2.45) is 16.3 Å². The molecule has 0 aliphatic rings. The van der Waals surface area contributed by atoms with Crippen molar-refractivity contribution in [1.29, 1.82) is 0 Å². The molecule has 0 aliphatic carbocycles. The molecule has 0 saturated heterocycles. The van der Waals surface area contributed by atoms with Crippen molar-refractivity contribution in [1.82, 2.24) is 9.78 Å². The van der Waals surface area contributed by atoms with Gasteiger partial charge in [0.05, 0.1) is 0 Å². The molecule has 6 heteroatoms. The van der Waals surface area contributed by atoms with E-state index in [-0.39, 0.29) is 11.3 Å². The number of anilines is 1. The van der Waals surface area contributed by atoms with Crippen LogP contribution in [0, 0.1) is 5.41 Å². The first-order chi connectivity index (χ1) is 7.99. The molecule has 0 spiro atoms. The third-order valence-electron chi connectivity index (χ3n) is 2.82. The Morgan fingerprint density at radius 3 is 2.88 bits per heavy atom. The monoisotopic (exact) mass is 239 g/mol. The maximum Gasteiger partial charge on any atom is 0.147 e. The summed E-state index contributed by atoms with van der Waals surface area (Å²) >= 11 is 0. The van der Waals surface area contributed by atoms with E-state index in [4.69, 9.17) is 10.9 Å². The molecule has 4 N–H and O–H groups in total. The van der Waals surface area contributed by atoms with Crippen LogP contribution in [0.2, 0.25) is 0 Å². The van der Waals surface area contributed by atoms with E-state index in [0.29, 0.717) is 0 Å². The van der Waals surface area contributed by atoms with Gasteiger partial charge in [-0.15, -0.1) is 0 Å². The molecule has 17 heavy (non-hydrogen) atoms. The number of nitrogens with zero attached hydrogens (tertiary/aromatic N) is 3. The second kappa shape index (κ2) is 5.56. The molecule has 0 fully saturated rings. The van der Waals surface area contributed by atoms with Gasteiger partial charge in [0.25, 0.3) is 0 Å². The number of nitrogens with one attached hydrogen (secondary N) is 1. The molecular formula is C11H21N5O. The molecule has 0 amide bonds. The predicted octanol–water partition coefficient (Wildman–Crippen LogP) is 1.48. The zero-order valence-electron chi connectivity index (χ0n) is 10.6. The van der Waals surface area contributed by atoms with Crippen LogP contribution in [0.1, 0.15) is 27.2 Å². The van der Waals surface area contributed by atoms with Crippen LogP contribution in [0.25, 0.3) is 0 Å². The van der Waals surface area contributed by atoms with Gasteiger partial charge in [-0.3, -0.25) is 4.68 Å². The predicted molar refractivity (Wildman–Crippen MR) is 68.2 cm³/mol. The van der Waals surface area contributed by atoms with Crippen LogP contribution >= 0.6 is 0 Å². The van der Waals surface area contributed by atoms with Crippen LogP contribution in [-0.4, -0.2) is 27.4 Å². The van der Waals surface area contributed by atoms with E-state index in [1.54, 1.807) is 0 Å². The number of nitrogens with two attached hydrogens (primary N) is 1. The number of aromatic nitrogens is 2. The fraction of sp³-hybridized carbons (Fsp3) is 0.636. The Kier molecular flexibility index (Phi) is 4.37. The summed E-state index contributed by atoms with van der Waals surface area (Å²) in [5.74, 6) is 1.10. The van der Waals surface area contributed by atoms with Gasteiger partial charge in [0.1, 0.15) is 11.7 Å². The van der Waals surface area contributed by atoms with E-state index in [2.05, 4.69) is 15.6 Å². The van der Waals surface area contributed by atoms with Gasteiger partial charge < -0.3 is 16.3 Å². The lowest BCUT2D eigenvalue weighted by Crippen LogP contribution is -2.33. The highest BCUT2D eigenvalue weighted by atomic mass is 16.4. The standard InChI is InChI=1S/C11H21N5O/c1-4-16-8-5-9(14-16)13-7-6-11(2,3)10(12)15-17/h5,8,17H,4,6-7H2,1-3H3,(H2,12,15)(H,13,14). The Labute approximate surface area is 101 Å². The molecule has 6 nitrogen and oxygen atoms in total. The van der Waals surface area contributed by atoms with Crippen molar-refractivity contribution in [2.45, 2.75) is 33.7 Å². The van der Waals surface area contributed by atoms with Gasteiger partial charge in [-0.2, -0.15) is 5.10 Å². The lowest BCUT2D eigenvalue weighted by atomic mass is 9.88. The van der Waals surface area contributed by atoms with Crippen LogP contribution in [0.3, 0.4) is 0 Å². The number of oxime groups is 1. The topological polar surface area (TPSA) is 88.5 Å². The van der Waals surface area contributed by atoms with Crippen LogP contribution in [0.15, 0.2) is 17.4 Å². The second-order valence-corrected chi connectivity index (χ2v) is 4.60. The number of amidine groups is 1. The maximum absolute atomic E-state index is 8.65. The van der Waals surface area contributed by atoms with Crippen LogP contribution in [0.4, 0.5) is 5.82 Å². The number of hydrogen-bond donors (Lipinski definition) is 3. The first kappa shape index (κ1) is 13.3. The largest absolute Gasteiger partial charge is 0.409 e. The zero-order chi connectivity index (χ0) is 12.9. The minimum Gasteiger partial charge on any atom is -0.409 e. The van der Waals surface area contributed by atoms with Crippen molar-refractivity contribution >= 4 is 11.7 Å². The molecule has 1 aromatic heterocycles. The Bertz CT molecular complexity index is 383. The normalized spacial score (nSPS) is 12.8. The van der Waals surface area contributed by atoms with Crippen molar-refractivity contribution in [2.75, 3.05) is 11.9 Å². The van der Waals surface area contributed by atoms with E-state index in [9.17, 15) is 0 Å². The summed E-state index contributed by atoms with van der Waals surface area (Å²) in [5, 5.41) is 19.2. The summed E-state index contributed by atoms with van der Waals surface area (Å²) in [7, 11) is 0. The molecule has 1 heterocycles. The highest BCUT2D eigenvalue weighted by molar-refractivity contribution is 5.85. The Morgan fingerprint density at radius 1 is 1.65 bits per heavy atom. The molecule has 0 unspecified atom stereocenters. The van der Waals surface area contributed by atoms with Crippen LogP contribution in [-0.2, 0) is 6.54 Å². The van der Waals surface area contributed by atoms with E-state index in [1.807, 2.05) is 37.7 Å². The van der Waals surface area contributed by atoms with Gasteiger partial charge in [-0.05, 0) is 13.3 Å². The SMILES string of the molecule is CCn1ccc(NCCC(C)(C)/C(N)=N/O)n1. The second-order valence-electron chi connectivity index (χ2n) is 4.60. The summed E-state index contributed by atoms with van der Waals surface area (Å²) < 4.78 is 1.86. The van der Waals surface area contributed by atoms with E-state index < -0.39 is 0 Å². The quantitative estimate of drug-likeness (QED) is 0.303. The highest BCUT2D eigenvalue weighted by Gasteiger charge is 2.22. The molecule has 0 aromatic carbocycles. The Morgan fingerprint density at radius 2 is 2.35 bits per heavy atom. The maximum atomic E-state index is 8.65. The molecule has 0 saturated carbocycles. The molecule has 1 aromatic rings. The fourth-order valence-corrected chi connectivity index (χ4v) is 1.40. The van der Waals surface area contributed by atoms with Crippen LogP contribution < -0.4 is 11.1 Å². The smallest absolute Gasteiger partial charge is 0.147 e. The third kappa shape index (κ3) is 3.65. The van der Waals surface area contributed by atoms with Crippen LogP contribution in [0.5, 0.6) is 0 Å². The molecule has 0 bridgehead atoms. The van der Waals surface area contributed by atoms with Crippen molar-refractivity contribution in [3.63, 3.8) is 0 Å². The Balaban J connectivity index is 2.42. The number of hydrogen-bond acceptors (Lipinski definition) is 4. The van der Waals surface area contributed by atoms with Gasteiger partial charge in [0, 0.05) is 30.8 Å². The summed E-state index contributed by atoms with van der Waals surface area (Å²) in [5.41, 5.74) is 5.28. The number of rotatable bonds is 6. The lowest BCUT2D eigenvalue weighted by molar-refractivity contribution is 0.306. The van der Waals surface area contributed by atoms with Gasteiger partial charge >= 0.3 is 0 Å². The molecule has 0 atom stereocenters. The van der Waals surface area contributed by atoms with E-state index >= 15 is 0 Å². The van der Waals surface area contributed by atoms with Gasteiger partial charge in [0.15, 0.2) is 0 Å². The van der Waals surface area contributed by atoms with Crippen molar-refractivity contribution in [3.8, 4) is 0 Å². The van der Waals surface area contributed by atoms with Gasteiger partial charge in [0.2, 0.25) is 0 Å². The van der Waals surface area contributed by atoms with E-state index in [1.165, 1.54) is 0 Å². The lowest BCUT2D eigenvalue weighted by Gasteiger charge is -2.22. The highest BCUT2D eigenvalue weighted by Crippen LogP contribution is 2.20. The summed E-state index contributed by atoms with van der Waals surface area (Å²) in [4.78, 5) is 0.